The van der Waals surface area contributed by atoms with Gasteiger partial charge in [-0.05, 0) is 0 Å². The molecule has 2 aromatic rings. The average Bonchev–Trinajstić information content (AvgIpc) is 3.07. The molecule has 3 heterocycles. The molecule has 144 valence electrons. The lowest BCUT2D eigenvalue weighted by atomic mass is 10.2. The molecule has 1 aliphatic heterocycles. The van der Waals surface area contributed by atoms with E-state index in [1.54, 1.807) is 0 Å². The lowest BCUT2D eigenvalue weighted by Gasteiger charge is -2.16. The Balaban J connectivity index is 1.87. The molecule has 16 heteroatoms. The van der Waals surface area contributed by atoms with E-state index in [2.05, 4.69) is 23.3 Å². The van der Waals surface area contributed by atoms with Crippen LogP contribution in [0.5, 0.6) is 0 Å². The fraction of sp³-hybridized carbons (Fsp3) is 0.500. The van der Waals surface area contributed by atoms with Crippen molar-refractivity contribution in [2.24, 2.45) is 0 Å². The van der Waals surface area contributed by atoms with Gasteiger partial charge in [0.25, 0.3) is 0 Å². The summed E-state index contributed by atoms with van der Waals surface area (Å²) in [6.07, 6.45) is -1.06. The molecular weight excluding hydrogens is 398 g/mol. The van der Waals surface area contributed by atoms with Crippen LogP contribution in [-0.2, 0) is 33.9 Å². The quantitative estimate of drug-likeness (QED) is 0.473. The summed E-state index contributed by atoms with van der Waals surface area (Å²) >= 11 is 0. The van der Waals surface area contributed by atoms with Crippen molar-refractivity contribution in [3.05, 3.63) is 12.7 Å². The van der Waals surface area contributed by atoms with E-state index in [4.69, 9.17) is 19.6 Å². The second-order valence-electron chi connectivity index (χ2n) is 5.22. The number of ether oxygens (including phenoxy) is 1. The topological polar surface area (TPSA) is 206 Å². The largest absolute Gasteiger partial charge is 0.397 e. The van der Waals surface area contributed by atoms with E-state index in [0.717, 1.165) is 0 Å². The number of hydrogen-bond acceptors (Lipinski definition) is 11. The first-order valence-corrected chi connectivity index (χ1v) is 9.62. The lowest BCUT2D eigenvalue weighted by Crippen LogP contribution is -2.31. The Kier molecular flexibility index (Phi) is 4.82. The number of anilines is 1. The van der Waals surface area contributed by atoms with Crippen molar-refractivity contribution in [3.63, 3.8) is 0 Å². The lowest BCUT2D eigenvalue weighted by molar-refractivity contribution is -0.0351. The van der Waals surface area contributed by atoms with Gasteiger partial charge in [-0.25, -0.2) is 23.3 Å². The third kappa shape index (κ3) is 4.23. The van der Waals surface area contributed by atoms with Gasteiger partial charge in [0.05, 0.1) is 12.9 Å². The van der Waals surface area contributed by atoms with Gasteiger partial charge in [0.1, 0.15) is 30.3 Å². The second kappa shape index (κ2) is 6.65. The monoisotopic (exact) mass is 411 g/mol. The molecule has 3 atom stereocenters. The smallest absolute Gasteiger partial charge is 0.382 e. The van der Waals surface area contributed by atoms with Crippen molar-refractivity contribution in [3.8, 4) is 0 Å². The molecule has 3 rings (SSSR count). The van der Waals surface area contributed by atoms with Crippen molar-refractivity contribution >= 4 is 37.8 Å². The molecule has 4 N–H and O–H groups in total. The number of nitrogens with two attached hydrogens (primary N) is 1. The molecule has 0 radical (unpaired) electrons. The van der Waals surface area contributed by atoms with Crippen molar-refractivity contribution in [1.82, 2.24) is 19.5 Å². The van der Waals surface area contributed by atoms with Crippen LogP contribution in [0.3, 0.4) is 0 Å². The molecule has 0 bridgehead atoms. The standard InChI is InChI=1S/C10H13N5O9S2/c11-9-8-10(13-3-12-9)15(4-14-8)7-1-5(24-26(19,20)21)6(23-7)2-22-25(16,17)18/h3-7H,1-2H2,(H2,11,12,13)(H,16,17,18)(H,19,20,21)/t5-,6+,7+/m0/s1. The Morgan fingerprint density at radius 1 is 1.23 bits per heavy atom. The zero-order valence-electron chi connectivity index (χ0n) is 12.7. The van der Waals surface area contributed by atoms with Gasteiger partial charge in [-0.2, -0.15) is 16.8 Å². The maximum atomic E-state index is 11.0. The summed E-state index contributed by atoms with van der Waals surface area (Å²) < 4.78 is 76.6. The van der Waals surface area contributed by atoms with Crippen LogP contribution in [0.1, 0.15) is 12.6 Å². The number of rotatable bonds is 6. The number of imidazole rings is 1. The van der Waals surface area contributed by atoms with E-state index >= 15 is 0 Å². The molecule has 0 amide bonds. The van der Waals surface area contributed by atoms with Crippen molar-refractivity contribution in [1.29, 1.82) is 0 Å². The molecule has 0 unspecified atom stereocenters. The van der Waals surface area contributed by atoms with Crippen LogP contribution >= 0.6 is 0 Å². The summed E-state index contributed by atoms with van der Waals surface area (Å²) in [7, 11) is -9.65. The minimum atomic E-state index is -4.85. The van der Waals surface area contributed by atoms with Gasteiger partial charge in [-0.15, -0.1) is 0 Å². The maximum absolute atomic E-state index is 11.0. The average molecular weight is 411 g/mol. The van der Waals surface area contributed by atoms with E-state index in [0.29, 0.717) is 0 Å². The highest BCUT2D eigenvalue weighted by Crippen LogP contribution is 2.34. The predicted molar refractivity (Wildman–Crippen MR) is 82.2 cm³/mol. The van der Waals surface area contributed by atoms with Crippen LogP contribution in [0.25, 0.3) is 11.2 Å². The van der Waals surface area contributed by atoms with Gasteiger partial charge in [0.15, 0.2) is 11.5 Å². The van der Waals surface area contributed by atoms with Crippen molar-refractivity contribution < 1.29 is 39.0 Å². The number of hydrogen-bond donors (Lipinski definition) is 3. The van der Waals surface area contributed by atoms with Gasteiger partial charge in [0.2, 0.25) is 0 Å². The van der Waals surface area contributed by atoms with Crippen LogP contribution in [0.15, 0.2) is 12.7 Å². The Morgan fingerprint density at radius 3 is 2.62 bits per heavy atom. The van der Waals surface area contributed by atoms with Crippen LogP contribution < -0.4 is 5.73 Å². The summed E-state index contributed by atoms with van der Waals surface area (Å²) in [5, 5.41) is 0. The van der Waals surface area contributed by atoms with E-state index in [1.165, 1.54) is 17.2 Å². The molecule has 1 aliphatic rings. The molecule has 0 aromatic carbocycles. The zero-order valence-corrected chi connectivity index (χ0v) is 14.4. The van der Waals surface area contributed by atoms with Crippen LogP contribution in [0, 0.1) is 0 Å². The van der Waals surface area contributed by atoms with E-state index in [-0.39, 0.29) is 23.4 Å². The minimum Gasteiger partial charge on any atom is -0.382 e. The SMILES string of the molecule is Nc1ncnc2c1ncn2[C@H]1C[C@H](OS(=O)(=O)O)[C@@H](COS(=O)(=O)O)O1. The van der Waals surface area contributed by atoms with Gasteiger partial charge in [-0.1, -0.05) is 0 Å². The van der Waals surface area contributed by atoms with Crippen molar-refractivity contribution in [2.45, 2.75) is 24.9 Å². The van der Waals surface area contributed by atoms with E-state index < -0.39 is 45.8 Å². The summed E-state index contributed by atoms with van der Waals surface area (Å²) in [5.41, 5.74) is 6.24. The highest BCUT2D eigenvalue weighted by atomic mass is 32.3. The summed E-state index contributed by atoms with van der Waals surface area (Å²) in [6.45, 7) is -0.751. The second-order valence-corrected chi connectivity index (χ2v) is 7.36. The molecule has 0 spiro atoms. The Labute approximate surface area is 146 Å². The summed E-state index contributed by atoms with van der Waals surface area (Å²) in [6, 6.07) is 0. The highest BCUT2D eigenvalue weighted by molar-refractivity contribution is 7.81. The minimum absolute atomic E-state index is 0.115. The first-order chi connectivity index (χ1) is 12.0. The fourth-order valence-electron chi connectivity index (χ4n) is 2.51. The molecule has 14 nitrogen and oxygen atoms in total. The molecule has 0 saturated carbocycles. The van der Waals surface area contributed by atoms with Crippen molar-refractivity contribution in [2.75, 3.05) is 12.3 Å². The number of nitrogens with zero attached hydrogens (tertiary/aromatic N) is 4. The molecule has 1 fully saturated rings. The van der Waals surface area contributed by atoms with Crippen LogP contribution in [-0.4, -0.2) is 64.3 Å². The van der Waals surface area contributed by atoms with Gasteiger partial charge in [0, 0.05) is 6.42 Å². The Bertz CT molecular complexity index is 1020. The maximum Gasteiger partial charge on any atom is 0.397 e. The Morgan fingerprint density at radius 2 is 1.96 bits per heavy atom. The Hall–Kier alpha value is -1.95. The number of aromatic nitrogens is 4. The zero-order chi connectivity index (χ0) is 19.1. The third-order valence-electron chi connectivity index (χ3n) is 3.50. The van der Waals surface area contributed by atoms with Crippen LogP contribution in [0.2, 0.25) is 0 Å². The molecule has 0 aliphatic carbocycles. The summed E-state index contributed by atoms with van der Waals surface area (Å²) in [5.74, 6) is 0.115. The van der Waals surface area contributed by atoms with E-state index in [1.807, 2.05) is 0 Å². The highest BCUT2D eigenvalue weighted by Gasteiger charge is 2.41. The van der Waals surface area contributed by atoms with Gasteiger partial charge >= 0.3 is 20.8 Å². The molecule has 2 aromatic heterocycles. The van der Waals surface area contributed by atoms with Gasteiger partial charge < -0.3 is 10.5 Å². The normalized spacial score (nSPS) is 24.3. The first-order valence-electron chi connectivity index (χ1n) is 6.89. The van der Waals surface area contributed by atoms with Gasteiger partial charge in [-0.3, -0.25) is 13.7 Å². The number of nitrogen functional groups attached to an aromatic ring is 1. The predicted octanol–water partition coefficient (Wildman–Crippen LogP) is -1.30. The van der Waals surface area contributed by atoms with Crippen LogP contribution in [0.4, 0.5) is 5.82 Å². The third-order valence-corrected chi connectivity index (χ3v) is 4.43. The molecule has 1 saturated heterocycles. The number of fused-ring (bicyclic) bond motifs is 1. The fourth-order valence-corrected chi connectivity index (χ4v) is 3.33. The summed E-state index contributed by atoms with van der Waals surface area (Å²) in [4.78, 5) is 11.8. The van der Waals surface area contributed by atoms with E-state index in [9.17, 15) is 16.8 Å². The molecular formula is C10H13N5O9S2. The first kappa shape index (κ1) is 18.8. The molecule has 26 heavy (non-hydrogen) atoms.